The summed E-state index contributed by atoms with van der Waals surface area (Å²) in [7, 11) is 1.62. The van der Waals surface area contributed by atoms with Gasteiger partial charge in [0, 0.05) is 24.4 Å². The predicted molar refractivity (Wildman–Crippen MR) is 121 cm³/mol. The van der Waals surface area contributed by atoms with Crippen molar-refractivity contribution in [2.24, 2.45) is 5.92 Å². The molecule has 2 atom stereocenters. The Bertz CT molecular complexity index is 830. The van der Waals surface area contributed by atoms with Crippen LogP contribution < -0.4 is 10.6 Å². The highest BCUT2D eigenvalue weighted by atomic mass is 16.5. The standard InChI is InChI=1S/C24H35N3O4/c1-7-9-10-17(8-2)22(28)25-19-13-11-18(12-14-19)21-20(23(29)31-15(3)4)16(5)27(6)24(30)26-21/h11-15,17,21H,7-10H2,1-6H3,(H,25,28)(H,26,30). The van der Waals surface area contributed by atoms with Crippen molar-refractivity contribution < 1.29 is 19.1 Å². The molecule has 2 unspecified atom stereocenters. The molecular weight excluding hydrogens is 394 g/mol. The normalized spacial score (nSPS) is 17.5. The van der Waals surface area contributed by atoms with Crippen LogP contribution in [0.4, 0.5) is 10.5 Å². The molecule has 0 aromatic heterocycles. The van der Waals surface area contributed by atoms with E-state index in [0.717, 1.165) is 31.2 Å². The molecule has 7 heteroatoms. The molecule has 1 heterocycles. The van der Waals surface area contributed by atoms with E-state index >= 15 is 0 Å². The Morgan fingerprint density at radius 2 is 1.84 bits per heavy atom. The van der Waals surface area contributed by atoms with Crippen molar-refractivity contribution in [1.29, 1.82) is 0 Å². The van der Waals surface area contributed by atoms with Gasteiger partial charge in [0.25, 0.3) is 0 Å². The predicted octanol–water partition coefficient (Wildman–Crippen LogP) is 4.76. The average Bonchev–Trinajstić information content (AvgIpc) is 2.72. The molecule has 7 nitrogen and oxygen atoms in total. The van der Waals surface area contributed by atoms with Crippen LogP contribution in [-0.2, 0) is 14.3 Å². The molecule has 1 aromatic rings. The maximum atomic E-state index is 12.7. The Balaban J connectivity index is 2.24. The lowest BCUT2D eigenvalue weighted by Gasteiger charge is -2.33. The molecule has 1 aromatic carbocycles. The van der Waals surface area contributed by atoms with Crippen molar-refractivity contribution in [2.45, 2.75) is 72.4 Å². The average molecular weight is 430 g/mol. The van der Waals surface area contributed by atoms with Crippen LogP contribution >= 0.6 is 0 Å². The number of carbonyl (C=O) groups excluding carboxylic acids is 3. The van der Waals surface area contributed by atoms with E-state index in [1.807, 2.05) is 19.1 Å². The third kappa shape index (κ3) is 6.09. The fourth-order valence-corrected chi connectivity index (χ4v) is 3.60. The summed E-state index contributed by atoms with van der Waals surface area (Å²) in [5.74, 6) is -0.438. The van der Waals surface area contributed by atoms with Gasteiger partial charge in [-0.3, -0.25) is 4.79 Å². The number of benzene rings is 1. The second-order valence-corrected chi connectivity index (χ2v) is 8.25. The van der Waals surface area contributed by atoms with Crippen molar-refractivity contribution in [2.75, 3.05) is 12.4 Å². The first-order valence-electron chi connectivity index (χ1n) is 11.1. The summed E-state index contributed by atoms with van der Waals surface area (Å²) in [6, 6.07) is 6.31. The highest BCUT2D eigenvalue weighted by molar-refractivity contribution is 5.95. The maximum Gasteiger partial charge on any atom is 0.338 e. The number of nitrogens with one attached hydrogen (secondary N) is 2. The minimum atomic E-state index is -0.618. The van der Waals surface area contributed by atoms with Crippen LogP contribution in [0, 0.1) is 5.92 Å². The molecule has 0 fully saturated rings. The van der Waals surface area contributed by atoms with Crippen LogP contribution in [0.1, 0.15) is 71.9 Å². The number of unbranched alkanes of at least 4 members (excludes halogenated alkanes) is 1. The molecule has 1 aliphatic rings. The minimum Gasteiger partial charge on any atom is -0.459 e. The number of ether oxygens (including phenoxy) is 1. The van der Waals surface area contributed by atoms with Gasteiger partial charge in [0.2, 0.25) is 5.91 Å². The summed E-state index contributed by atoms with van der Waals surface area (Å²) in [6.45, 7) is 9.45. The Morgan fingerprint density at radius 3 is 2.39 bits per heavy atom. The van der Waals surface area contributed by atoms with Gasteiger partial charge in [0.15, 0.2) is 0 Å². The van der Waals surface area contributed by atoms with E-state index < -0.39 is 12.0 Å². The largest absolute Gasteiger partial charge is 0.459 e. The summed E-state index contributed by atoms with van der Waals surface area (Å²) in [4.78, 5) is 39.1. The number of urea groups is 1. The van der Waals surface area contributed by atoms with Crippen molar-refractivity contribution in [1.82, 2.24) is 10.2 Å². The van der Waals surface area contributed by atoms with Gasteiger partial charge >= 0.3 is 12.0 Å². The lowest BCUT2D eigenvalue weighted by molar-refractivity contribution is -0.143. The van der Waals surface area contributed by atoms with E-state index in [-0.39, 0.29) is 24.0 Å². The smallest absolute Gasteiger partial charge is 0.338 e. The minimum absolute atomic E-state index is 0.00390. The summed E-state index contributed by atoms with van der Waals surface area (Å²) in [6.07, 6.45) is 3.51. The van der Waals surface area contributed by atoms with E-state index in [1.54, 1.807) is 40.0 Å². The number of hydrogen-bond acceptors (Lipinski definition) is 4. The summed E-state index contributed by atoms with van der Waals surface area (Å²) in [5.41, 5.74) is 2.39. The van der Waals surface area contributed by atoms with Gasteiger partial charge in [-0.25, -0.2) is 9.59 Å². The number of esters is 1. The van der Waals surface area contributed by atoms with E-state index in [0.29, 0.717) is 17.0 Å². The second-order valence-electron chi connectivity index (χ2n) is 8.25. The van der Waals surface area contributed by atoms with Gasteiger partial charge in [0.05, 0.1) is 17.7 Å². The molecule has 31 heavy (non-hydrogen) atoms. The highest BCUT2D eigenvalue weighted by Crippen LogP contribution is 2.31. The molecule has 170 valence electrons. The maximum absolute atomic E-state index is 12.7. The van der Waals surface area contributed by atoms with Crippen LogP contribution in [-0.4, -0.2) is 36.0 Å². The second kappa shape index (κ2) is 11.0. The van der Waals surface area contributed by atoms with Gasteiger partial charge in [-0.2, -0.15) is 0 Å². The molecule has 0 bridgehead atoms. The first kappa shape index (κ1) is 24.4. The lowest BCUT2D eigenvalue weighted by atomic mass is 9.94. The number of allylic oxidation sites excluding steroid dienone is 1. The van der Waals surface area contributed by atoms with Crippen LogP contribution in [0.25, 0.3) is 0 Å². The third-order valence-corrected chi connectivity index (χ3v) is 5.60. The molecule has 3 amide bonds. The number of rotatable bonds is 9. The van der Waals surface area contributed by atoms with Gasteiger partial charge in [-0.1, -0.05) is 38.8 Å². The monoisotopic (exact) mass is 429 g/mol. The number of nitrogens with zero attached hydrogens (tertiary/aromatic N) is 1. The van der Waals surface area contributed by atoms with Crippen molar-refractivity contribution in [3.8, 4) is 0 Å². The molecule has 0 spiro atoms. The fraction of sp³-hybridized carbons (Fsp3) is 0.542. The zero-order valence-corrected chi connectivity index (χ0v) is 19.5. The molecular formula is C24H35N3O4. The van der Waals surface area contributed by atoms with Crippen LogP contribution in [0.2, 0.25) is 0 Å². The van der Waals surface area contributed by atoms with E-state index in [9.17, 15) is 14.4 Å². The highest BCUT2D eigenvalue weighted by Gasteiger charge is 2.35. The SMILES string of the molecule is CCCCC(CC)C(=O)Nc1ccc(C2NC(=O)N(C)C(C)=C2C(=O)OC(C)C)cc1. The molecule has 0 aliphatic carbocycles. The van der Waals surface area contributed by atoms with Crippen LogP contribution in [0.3, 0.4) is 0 Å². The van der Waals surface area contributed by atoms with Gasteiger partial charge in [0.1, 0.15) is 0 Å². The topological polar surface area (TPSA) is 87.7 Å². The third-order valence-electron chi connectivity index (χ3n) is 5.60. The molecule has 0 saturated carbocycles. The molecule has 1 aliphatic heterocycles. The molecule has 2 N–H and O–H groups in total. The van der Waals surface area contributed by atoms with Gasteiger partial charge in [-0.15, -0.1) is 0 Å². The van der Waals surface area contributed by atoms with Gasteiger partial charge < -0.3 is 20.3 Å². The van der Waals surface area contributed by atoms with E-state index in [1.165, 1.54) is 4.90 Å². The zero-order chi connectivity index (χ0) is 23.1. The Kier molecular flexibility index (Phi) is 8.65. The number of carbonyl (C=O) groups is 3. The fourth-order valence-electron chi connectivity index (χ4n) is 3.60. The summed E-state index contributed by atoms with van der Waals surface area (Å²) in [5, 5.41) is 5.85. The van der Waals surface area contributed by atoms with Crippen molar-refractivity contribution in [3.05, 3.63) is 41.1 Å². The zero-order valence-electron chi connectivity index (χ0n) is 19.5. The summed E-state index contributed by atoms with van der Waals surface area (Å²) >= 11 is 0. The Morgan fingerprint density at radius 1 is 1.19 bits per heavy atom. The van der Waals surface area contributed by atoms with E-state index in [4.69, 9.17) is 4.74 Å². The lowest BCUT2D eigenvalue weighted by Crippen LogP contribution is -2.46. The summed E-state index contributed by atoms with van der Waals surface area (Å²) < 4.78 is 5.41. The van der Waals surface area contributed by atoms with Crippen molar-refractivity contribution >= 4 is 23.6 Å². The molecule has 2 rings (SSSR count). The number of anilines is 1. The first-order chi connectivity index (χ1) is 14.7. The Hall–Kier alpha value is -2.83. The van der Waals surface area contributed by atoms with E-state index in [2.05, 4.69) is 17.6 Å². The molecule has 0 radical (unpaired) electrons. The first-order valence-corrected chi connectivity index (χ1v) is 11.1. The van der Waals surface area contributed by atoms with Gasteiger partial charge in [-0.05, 0) is 51.3 Å². The number of amides is 3. The number of hydrogen-bond donors (Lipinski definition) is 2. The quantitative estimate of drug-likeness (QED) is 0.554. The molecule has 0 saturated heterocycles. The van der Waals surface area contributed by atoms with Crippen LogP contribution in [0.15, 0.2) is 35.5 Å². The Labute approximate surface area is 185 Å². The van der Waals surface area contributed by atoms with Crippen LogP contribution in [0.5, 0.6) is 0 Å². The van der Waals surface area contributed by atoms with Crippen molar-refractivity contribution in [3.63, 3.8) is 0 Å².